The largest absolute Gasteiger partial charge is 0.508 e. The number of fused-ring (bicyclic) bond motifs is 3. The van der Waals surface area contributed by atoms with Crippen LogP contribution in [-0.4, -0.2) is 74.3 Å². The normalized spacial score (nSPS) is 25.8. The lowest BCUT2D eigenvalue weighted by Crippen LogP contribution is -2.65. The summed E-state index contributed by atoms with van der Waals surface area (Å²) in [4.78, 5) is 53.5. The molecule has 2 aromatic carbocycles. The highest BCUT2D eigenvalue weighted by Gasteiger charge is 2.64. The quantitative estimate of drug-likeness (QED) is 0.271. The Balaban J connectivity index is 1.71. The summed E-state index contributed by atoms with van der Waals surface area (Å²) in [6.07, 6.45) is 0.146. The number of likely N-dealkylation sites (N-methyl/N-ethyl adjacent to an activating group) is 1. The van der Waals surface area contributed by atoms with E-state index in [1.54, 1.807) is 58.3 Å². The van der Waals surface area contributed by atoms with E-state index < -0.39 is 58.0 Å². The van der Waals surface area contributed by atoms with Crippen molar-refractivity contribution in [2.24, 2.45) is 23.5 Å². The first kappa shape index (κ1) is 28.3. The molecule has 0 aromatic heterocycles. The molecule has 0 spiro atoms. The van der Waals surface area contributed by atoms with Gasteiger partial charge < -0.3 is 26.2 Å². The molecule has 1 fully saturated rings. The van der Waals surface area contributed by atoms with Gasteiger partial charge in [-0.25, -0.2) is 0 Å². The maximum absolute atomic E-state index is 14.0. The number of ketones is 3. The molecule has 2 aromatic rings. The lowest BCUT2D eigenvalue weighted by molar-refractivity contribution is -0.153. The number of amides is 1. The summed E-state index contributed by atoms with van der Waals surface area (Å²) >= 11 is 0. The van der Waals surface area contributed by atoms with E-state index in [-0.39, 0.29) is 41.4 Å². The molecule has 0 saturated heterocycles. The maximum Gasteiger partial charge on any atom is 0.255 e. The van der Waals surface area contributed by atoms with Gasteiger partial charge in [0.2, 0.25) is 5.78 Å². The first-order valence-corrected chi connectivity index (χ1v) is 13.4. The van der Waals surface area contributed by atoms with Gasteiger partial charge in [0.25, 0.3) is 5.91 Å². The van der Waals surface area contributed by atoms with Crippen molar-refractivity contribution in [3.05, 3.63) is 70.0 Å². The van der Waals surface area contributed by atoms with Gasteiger partial charge >= 0.3 is 0 Å². The molecule has 0 aliphatic heterocycles. The minimum absolute atomic E-state index is 0.000575. The van der Waals surface area contributed by atoms with Gasteiger partial charge in [0.1, 0.15) is 22.8 Å². The molecule has 3 aliphatic carbocycles. The molecular weight excluding hydrogens is 528 g/mol. The molecule has 0 bridgehead atoms. The van der Waals surface area contributed by atoms with Gasteiger partial charge in [0.05, 0.1) is 11.6 Å². The van der Waals surface area contributed by atoms with Crippen LogP contribution in [0.5, 0.6) is 5.75 Å². The topological polar surface area (TPSA) is 178 Å². The molecule has 214 valence electrons. The predicted molar refractivity (Wildman–Crippen MR) is 149 cm³/mol. The fourth-order valence-corrected chi connectivity index (χ4v) is 6.69. The van der Waals surface area contributed by atoms with Crippen molar-refractivity contribution >= 4 is 29.0 Å². The van der Waals surface area contributed by atoms with Crippen LogP contribution in [0.2, 0.25) is 0 Å². The second-order valence-corrected chi connectivity index (χ2v) is 11.5. The second-order valence-electron chi connectivity index (χ2n) is 11.5. The van der Waals surface area contributed by atoms with Crippen LogP contribution in [-0.2, 0) is 20.8 Å². The van der Waals surface area contributed by atoms with Crippen molar-refractivity contribution in [3.8, 4) is 16.9 Å². The van der Waals surface area contributed by atoms with Crippen molar-refractivity contribution in [2.75, 3.05) is 14.1 Å². The van der Waals surface area contributed by atoms with Gasteiger partial charge in [-0.15, -0.1) is 0 Å². The Bertz CT molecular complexity index is 1600. The Morgan fingerprint density at radius 2 is 1.76 bits per heavy atom. The molecule has 10 heteroatoms. The molecule has 3 aliphatic rings. The van der Waals surface area contributed by atoms with Crippen LogP contribution < -0.4 is 5.73 Å². The summed E-state index contributed by atoms with van der Waals surface area (Å²) in [6.45, 7) is 3.61. The Labute approximate surface area is 236 Å². The number of carbonyl (C=O) groups excluding carboxylic acids is 4. The minimum Gasteiger partial charge on any atom is -0.508 e. The number of rotatable bonds is 5. The number of hydrogen-bond acceptors (Lipinski definition) is 9. The number of phenolic OH excluding ortho intramolecular Hbond substituents is 1. The van der Waals surface area contributed by atoms with Crippen molar-refractivity contribution in [2.45, 2.75) is 38.3 Å². The van der Waals surface area contributed by atoms with E-state index in [4.69, 9.17) is 5.73 Å². The molecular formula is C31H32N2O8. The summed E-state index contributed by atoms with van der Waals surface area (Å²) in [7, 11) is 3.10. The van der Waals surface area contributed by atoms with Crippen molar-refractivity contribution in [1.29, 1.82) is 0 Å². The highest BCUT2D eigenvalue weighted by atomic mass is 16.3. The van der Waals surface area contributed by atoms with Gasteiger partial charge in [-0.3, -0.25) is 24.1 Å². The average molecular weight is 561 g/mol. The number of phenols is 1. The third kappa shape index (κ3) is 4.00. The summed E-state index contributed by atoms with van der Waals surface area (Å²) in [5.41, 5.74) is 3.96. The third-order valence-corrected chi connectivity index (χ3v) is 8.59. The molecule has 10 nitrogen and oxygen atoms in total. The number of aliphatic hydroxyl groups excluding tert-OH is 2. The van der Waals surface area contributed by atoms with Crippen LogP contribution in [0.25, 0.3) is 16.9 Å². The van der Waals surface area contributed by atoms with Crippen LogP contribution in [0.1, 0.15) is 41.8 Å². The number of nitrogens with two attached hydrogens (primary N) is 1. The van der Waals surface area contributed by atoms with Crippen LogP contribution in [0.4, 0.5) is 0 Å². The molecule has 0 heterocycles. The Kier molecular flexibility index (Phi) is 6.67. The van der Waals surface area contributed by atoms with E-state index in [1.165, 1.54) is 11.0 Å². The monoisotopic (exact) mass is 560 g/mol. The summed E-state index contributed by atoms with van der Waals surface area (Å²) in [5, 5.41) is 44.9. The van der Waals surface area contributed by atoms with Gasteiger partial charge in [-0.1, -0.05) is 38.1 Å². The molecule has 1 amide bonds. The number of carbonyl (C=O) groups is 4. The van der Waals surface area contributed by atoms with Gasteiger partial charge in [-0.2, -0.15) is 0 Å². The number of aromatic hydroxyl groups is 1. The molecule has 0 radical (unpaired) electrons. The highest BCUT2D eigenvalue weighted by Crippen LogP contribution is 2.53. The number of benzene rings is 2. The number of primary amides is 1. The fourth-order valence-electron chi connectivity index (χ4n) is 6.69. The molecule has 0 unspecified atom stereocenters. The van der Waals surface area contributed by atoms with E-state index in [9.17, 15) is 39.6 Å². The smallest absolute Gasteiger partial charge is 0.255 e. The van der Waals surface area contributed by atoms with Crippen LogP contribution >= 0.6 is 0 Å². The van der Waals surface area contributed by atoms with Gasteiger partial charge in [0.15, 0.2) is 17.2 Å². The van der Waals surface area contributed by atoms with Gasteiger partial charge in [0, 0.05) is 23.0 Å². The van der Waals surface area contributed by atoms with Crippen LogP contribution in [0.15, 0.2) is 53.3 Å². The summed E-state index contributed by atoms with van der Waals surface area (Å²) < 4.78 is 0. The van der Waals surface area contributed by atoms with Crippen LogP contribution in [0.3, 0.4) is 0 Å². The first-order valence-electron chi connectivity index (χ1n) is 13.4. The molecule has 5 rings (SSSR count). The van der Waals surface area contributed by atoms with Crippen molar-refractivity contribution < 1.29 is 39.6 Å². The summed E-state index contributed by atoms with van der Waals surface area (Å²) in [5.74, 6) is -7.25. The number of hydrogen-bond donors (Lipinski definition) is 5. The lowest BCUT2D eigenvalue weighted by atomic mass is 9.57. The van der Waals surface area contributed by atoms with E-state index in [0.29, 0.717) is 22.3 Å². The van der Waals surface area contributed by atoms with E-state index in [2.05, 4.69) is 0 Å². The Morgan fingerprint density at radius 1 is 1.07 bits per heavy atom. The third-order valence-electron chi connectivity index (χ3n) is 8.59. The highest BCUT2D eigenvalue weighted by molar-refractivity contribution is 6.24. The van der Waals surface area contributed by atoms with E-state index >= 15 is 0 Å². The summed E-state index contributed by atoms with van der Waals surface area (Å²) in [6, 6.07) is 8.90. The maximum atomic E-state index is 14.0. The SMILES string of the molecule is CC(C)C(=O)c1cccc(-c2ccc(O)c3c2C[C@H]2C[C@H]4[C@H](N(C)C)C(=O)C(C(N)=O)=C(O)[C@@]4(O)C(=O)C2=C3O)c1. The van der Waals surface area contributed by atoms with Crippen molar-refractivity contribution in [3.63, 3.8) is 0 Å². The molecule has 6 N–H and O–H groups in total. The number of Topliss-reactive ketones (excluding diaryl/α,β-unsaturated/α-hetero) is 3. The molecule has 41 heavy (non-hydrogen) atoms. The standard InChI is InChI=1S/C31H32N2O8/c1-13(2)25(35)15-7-5-6-14(10-15)17-8-9-20(34)22-18(17)11-16-12-19-24(33(3)4)27(37)23(30(32)40)29(39)31(19,41)28(38)21(16)26(22)36/h5-10,13,16,19,24,34,36,39,41H,11-12H2,1-4H3,(H2,32,40)/t16-,19-,24-,31-/m0/s1. The van der Waals surface area contributed by atoms with Crippen molar-refractivity contribution in [1.82, 2.24) is 4.90 Å². The molecule has 4 atom stereocenters. The lowest BCUT2D eigenvalue weighted by Gasteiger charge is -2.50. The Morgan fingerprint density at radius 3 is 2.37 bits per heavy atom. The zero-order valence-corrected chi connectivity index (χ0v) is 23.1. The molecule has 1 saturated carbocycles. The number of aliphatic hydroxyl groups is 3. The second kappa shape index (κ2) is 9.67. The fraction of sp³-hybridized carbons (Fsp3) is 0.355. The van der Waals surface area contributed by atoms with E-state index in [0.717, 1.165) is 0 Å². The van der Waals surface area contributed by atoms with Gasteiger partial charge in [-0.05, 0) is 61.7 Å². The first-order chi connectivity index (χ1) is 19.2. The zero-order valence-electron chi connectivity index (χ0n) is 23.1. The average Bonchev–Trinajstić information content (AvgIpc) is 2.90. The minimum atomic E-state index is -2.69. The zero-order chi connectivity index (χ0) is 30.1. The van der Waals surface area contributed by atoms with Crippen LogP contribution in [0, 0.1) is 17.8 Å². The Hall–Kier alpha value is -4.28. The number of nitrogens with zero attached hydrogens (tertiary/aromatic N) is 1. The predicted octanol–water partition coefficient (Wildman–Crippen LogP) is 2.47. The van der Waals surface area contributed by atoms with E-state index in [1.807, 2.05) is 0 Å².